The fraction of sp³-hybridized carbons (Fsp3) is 0.889. The summed E-state index contributed by atoms with van der Waals surface area (Å²) in [6.07, 6.45) is -0.284. The predicted octanol–water partition coefficient (Wildman–Crippen LogP) is 3.95. The second-order valence-corrected chi connectivity index (χ2v) is 14.1. The van der Waals surface area contributed by atoms with Crippen molar-refractivity contribution in [2.24, 2.45) is 0 Å². The summed E-state index contributed by atoms with van der Waals surface area (Å²) in [4.78, 5) is 26.4. The van der Waals surface area contributed by atoms with Crippen LogP contribution in [-0.4, -0.2) is 56.2 Å². The zero-order valence-corrected chi connectivity index (χ0v) is 18.4. The first-order chi connectivity index (χ1) is 11.1. The molecule has 6 nitrogen and oxygen atoms in total. The Hall–Kier alpha value is -1.08. The van der Waals surface area contributed by atoms with Gasteiger partial charge in [0.15, 0.2) is 8.32 Å². The number of rotatable bonds is 3. The van der Waals surface area contributed by atoms with E-state index in [-0.39, 0.29) is 17.2 Å². The van der Waals surface area contributed by atoms with E-state index >= 15 is 0 Å². The third kappa shape index (κ3) is 5.20. The molecule has 0 radical (unpaired) electrons. The van der Waals surface area contributed by atoms with Crippen LogP contribution in [0.4, 0.5) is 4.79 Å². The number of carbonyl (C=O) groups is 2. The summed E-state index contributed by atoms with van der Waals surface area (Å²) in [5.41, 5.74) is -0.629. The molecule has 0 aromatic heterocycles. The molecule has 1 unspecified atom stereocenters. The summed E-state index contributed by atoms with van der Waals surface area (Å²) in [6.45, 7) is 18.2. The van der Waals surface area contributed by atoms with Crippen LogP contribution < -0.4 is 0 Å². The highest BCUT2D eigenvalue weighted by Gasteiger charge is 2.50. The molecule has 146 valence electrons. The molecule has 1 aliphatic heterocycles. The number of hydrogen-bond acceptors (Lipinski definition) is 5. The van der Waals surface area contributed by atoms with Crippen LogP contribution in [0.2, 0.25) is 18.1 Å². The summed E-state index contributed by atoms with van der Waals surface area (Å²) in [6, 6.07) is -0.933. The van der Waals surface area contributed by atoms with Gasteiger partial charge in [0.1, 0.15) is 11.6 Å². The molecule has 1 amide bonds. The Morgan fingerprint density at radius 3 is 2.00 bits per heavy atom. The van der Waals surface area contributed by atoms with E-state index in [9.17, 15) is 9.59 Å². The van der Waals surface area contributed by atoms with E-state index in [0.29, 0.717) is 6.42 Å². The number of esters is 1. The minimum atomic E-state index is -2.03. The fourth-order valence-electron chi connectivity index (χ4n) is 2.65. The van der Waals surface area contributed by atoms with Crippen LogP contribution >= 0.6 is 0 Å². The Morgan fingerprint density at radius 1 is 1.08 bits per heavy atom. The highest BCUT2D eigenvalue weighted by molar-refractivity contribution is 6.74. The van der Waals surface area contributed by atoms with Gasteiger partial charge in [0.05, 0.1) is 19.3 Å². The molecular weight excluding hydrogens is 338 g/mol. The van der Waals surface area contributed by atoms with Gasteiger partial charge in [-0.2, -0.15) is 0 Å². The molecule has 3 atom stereocenters. The minimum absolute atomic E-state index is 0.0484. The fourth-order valence-corrected chi connectivity index (χ4v) is 4.05. The van der Waals surface area contributed by atoms with Gasteiger partial charge in [-0.3, -0.25) is 4.90 Å². The summed E-state index contributed by atoms with van der Waals surface area (Å²) < 4.78 is 16.9. The third-order valence-electron chi connectivity index (χ3n) is 5.10. The highest BCUT2D eigenvalue weighted by Crippen LogP contribution is 2.40. The van der Waals surface area contributed by atoms with E-state index in [2.05, 4.69) is 33.9 Å². The van der Waals surface area contributed by atoms with Gasteiger partial charge in [-0.05, 0) is 45.8 Å². The molecule has 1 aliphatic rings. The molecule has 1 rings (SSSR count). The molecule has 1 saturated heterocycles. The van der Waals surface area contributed by atoms with E-state index in [0.717, 1.165) is 0 Å². The topological polar surface area (TPSA) is 65.1 Å². The third-order valence-corrected chi connectivity index (χ3v) is 9.60. The lowest BCUT2D eigenvalue weighted by molar-refractivity contribution is -0.146. The van der Waals surface area contributed by atoms with Crippen molar-refractivity contribution in [2.45, 2.75) is 96.8 Å². The number of amides is 1. The number of likely N-dealkylation sites (tertiary alicyclic amines) is 1. The number of nitrogens with zero attached hydrogens (tertiary/aromatic N) is 1. The van der Waals surface area contributed by atoms with E-state index in [1.165, 1.54) is 12.0 Å². The monoisotopic (exact) mass is 373 g/mol. The van der Waals surface area contributed by atoms with Gasteiger partial charge in [0.25, 0.3) is 0 Å². The van der Waals surface area contributed by atoms with Crippen molar-refractivity contribution in [3.05, 3.63) is 0 Å². The van der Waals surface area contributed by atoms with Gasteiger partial charge in [-0.15, -0.1) is 0 Å². The number of ether oxygens (including phenoxy) is 2. The number of methoxy groups -OCH3 is 1. The Labute approximate surface area is 153 Å². The average molecular weight is 374 g/mol. The average Bonchev–Trinajstić information content (AvgIpc) is 2.71. The molecule has 1 fully saturated rings. The Bertz CT molecular complexity index is 507. The molecule has 0 bridgehead atoms. The quantitative estimate of drug-likeness (QED) is 0.554. The van der Waals surface area contributed by atoms with Gasteiger partial charge in [-0.1, -0.05) is 20.8 Å². The predicted molar refractivity (Wildman–Crippen MR) is 100 cm³/mol. The van der Waals surface area contributed by atoms with Crippen LogP contribution in [0.15, 0.2) is 0 Å². The highest BCUT2D eigenvalue weighted by atomic mass is 28.4. The second-order valence-electron chi connectivity index (χ2n) is 9.32. The SMILES string of the molecule is COC(=O)[C@@H]1CC(O[Si](C)(C)C(C)(C)C)[C@H](C)N1C(=O)OC(C)(C)C. The normalized spacial score (nSPS) is 25.0. The first kappa shape index (κ1) is 22.0. The summed E-state index contributed by atoms with van der Waals surface area (Å²) in [7, 11) is -0.693. The van der Waals surface area contributed by atoms with Crippen molar-refractivity contribution in [1.29, 1.82) is 0 Å². The van der Waals surface area contributed by atoms with Crippen LogP contribution in [0.5, 0.6) is 0 Å². The smallest absolute Gasteiger partial charge is 0.411 e. The molecular formula is C18H35NO5Si. The van der Waals surface area contributed by atoms with E-state index in [1.54, 1.807) is 0 Å². The van der Waals surface area contributed by atoms with Gasteiger partial charge in [0.2, 0.25) is 0 Å². The van der Waals surface area contributed by atoms with Gasteiger partial charge < -0.3 is 13.9 Å². The summed E-state index contributed by atoms with van der Waals surface area (Å²) in [5.74, 6) is -0.431. The molecule has 0 aliphatic carbocycles. The van der Waals surface area contributed by atoms with Crippen molar-refractivity contribution in [1.82, 2.24) is 4.90 Å². The van der Waals surface area contributed by atoms with E-state index in [1.807, 2.05) is 27.7 Å². The Kier molecular flexibility index (Phi) is 6.38. The summed E-state index contributed by atoms with van der Waals surface area (Å²) in [5, 5.41) is 0.0484. The van der Waals surface area contributed by atoms with Gasteiger partial charge in [0, 0.05) is 6.42 Å². The number of hydrogen-bond donors (Lipinski definition) is 0. The maximum absolute atomic E-state index is 12.7. The Morgan fingerprint density at radius 2 is 1.60 bits per heavy atom. The first-order valence-corrected chi connectivity index (χ1v) is 11.8. The molecule has 7 heteroatoms. The molecule has 0 spiro atoms. The van der Waals surface area contributed by atoms with Crippen molar-refractivity contribution in [3.8, 4) is 0 Å². The van der Waals surface area contributed by atoms with Gasteiger partial charge >= 0.3 is 12.1 Å². The zero-order chi connectivity index (χ0) is 19.8. The first-order valence-electron chi connectivity index (χ1n) is 8.87. The molecule has 0 aromatic rings. The van der Waals surface area contributed by atoms with Crippen LogP contribution in [0, 0.1) is 0 Å². The zero-order valence-electron chi connectivity index (χ0n) is 17.4. The maximum atomic E-state index is 12.7. The van der Waals surface area contributed by atoms with Crippen molar-refractivity contribution in [3.63, 3.8) is 0 Å². The van der Waals surface area contributed by atoms with Gasteiger partial charge in [-0.25, -0.2) is 9.59 Å². The standard InChI is InChI=1S/C18H35NO5Si/c1-12-14(24-25(9,10)18(5,6)7)11-13(15(20)22-8)19(12)16(21)23-17(2,3)4/h12-14H,11H2,1-10H3/t12-,13-,14?/m0/s1. The second kappa shape index (κ2) is 7.27. The minimum Gasteiger partial charge on any atom is -0.467 e. The maximum Gasteiger partial charge on any atom is 0.411 e. The van der Waals surface area contributed by atoms with Crippen LogP contribution in [0.25, 0.3) is 0 Å². The van der Waals surface area contributed by atoms with Crippen LogP contribution in [0.3, 0.4) is 0 Å². The lowest BCUT2D eigenvalue weighted by Crippen LogP contribution is -2.49. The Balaban J connectivity index is 3.07. The van der Waals surface area contributed by atoms with Crippen LogP contribution in [-0.2, 0) is 18.7 Å². The lowest BCUT2D eigenvalue weighted by Gasteiger charge is -2.39. The summed E-state index contributed by atoms with van der Waals surface area (Å²) >= 11 is 0. The van der Waals surface area contributed by atoms with Crippen molar-refractivity contribution in [2.75, 3.05) is 7.11 Å². The van der Waals surface area contributed by atoms with E-state index < -0.39 is 32.0 Å². The molecule has 0 saturated carbocycles. The van der Waals surface area contributed by atoms with Crippen LogP contribution in [0.1, 0.15) is 54.9 Å². The molecule has 25 heavy (non-hydrogen) atoms. The van der Waals surface area contributed by atoms with E-state index in [4.69, 9.17) is 13.9 Å². The largest absolute Gasteiger partial charge is 0.467 e. The van der Waals surface area contributed by atoms with Crippen molar-refractivity contribution >= 4 is 20.4 Å². The van der Waals surface area contributed by atoms with Crippen molar-refractivity contribution < 1.29 is 23.5 Å². The molecule has 0 aromatic carbocycles. The number of carbonyl (C=O) groups excluding carboxylic acids is 2. The lowest BCUT2D eigenvalue weighted by atomic mass is 10.1. The molecule has 1 heterocycles. The molecule has 0 N–H and O–H groups in total.